The van der Waals surface area contributed by atoms with E-state index in [-0.39, 0.29) is 12.5 Å². The van der Waals surface area contributed by atoms with Gasteiger partial charge in [0.15, 0.2) is 0 Å². The maximum Gasteiger partial charge on any atom is 0.0619 e. The average Bonchev–Trinajstić information content (AvgIpc) is 1.97. The summed E-state index contributed by atoms with van der Waals surface area (Å²) in [6.07, 6.45) is 1.81. The van der Waals surface area contributed by atoms with Crippen molar-refractivity contribution < 1.29 is 10.2 Å². The van der Waals surface area contributed by atoms with Crippen molar-refractivity contribution in [2.45, 2.75) is 46.1 Å². The van der Waals surface area contributed by atoms with Crippen molar-refractivity contribution in [2.24, 2.45) is 11.8 Å². The van der Waals surface area contributed by atoms with Gasteiger partial charge in [-0.25, -0.2) is 0 Å². The summed E-state index contributed by atoms with van der Waals surface area (Å²) in [6, 6.07) is 0. The first-order chi connectivity index (χ1) is 5.43. The van der Waals surface area contributed by atoms with Crippen molar-refractivity contribution in [3.8, 4) is 0 Å². The molecule has 0 aliphatic rings. The summed E-state index contributed by atoms with van der Waals surface area (Å²) < 4.78 is 0. The first-order valence-corrected chi connectivity index (χ1v) is 4.76. The second kappa shape index (κ2) is 4.83. The lowest BCUT2D eigenvalue weighted by Crippen LogP contribution is -2.34. The Morgan fingerprint density at radius 1 is 1.33 bits per heavy atom. The molecule has 0 amide bonds. The number of hydrogen-bond acceptors (Lipinski definition) is 2. The molecule has 0 bridgehead atoms. The first-order valence-electron chi connectivity index (χ1n) is 4.76. The molecule has 0 aromatic rings. The monoisotopic (exact) mass is 174 g/mol. The van der Waals surface area contributed by atoms with Crippen LogP contribution in [0.2, 0.25) is 0 Å². The summed E-state index contributed by atoms with van der Waals surface area (Å²) in [7, 11) is 0. The van der Waals surface area contributed by atoms with Gasteiger partial charge in [0.2, 0.25) is 0 Å². The van der Waals surface area contributed by atoms with Crippen molar-refractivity contribution in [1.82, 2.24) is 0 Å². The molecule has 2 unspecified atom stereocenters. The Morgan fingerprint density at radius 2 is 1.83 bits per heavy atom. The number of aliphatic hydroxyl groups excluding tert-OH is 1. The van der Waals surface area contributed by atoms with Crippen LogP contribution in [-0.2, 0) is 0 Å². The molecule has 0 radical (unpaired) electrons. The summed E-state index contributed by atoms with van der Waals surface area (Å²) >= 11 is 0. The Bertz CT molecular complexity index is 115. The highest BCUT2D eigenvalue weighted by atomic mass is 16.3. The first kappa shape index (κ1) is 11.9. The zero-order valence-corrected chi connectivity index (χ0v) is 8.67. The van der Waals surface area contributed by atoms with Crippen molar-refractivity contribution in [3.63, 3.8) is 0 Å². The molecule has 2 heteroatoms. The van der Waals surface area contributed by atoms with Gasteiger partial charge in [-0.1, -0.05) is 20.3 Å². The summed E-state index contributed by atoms with van der Waals surface area (Å²) in [6.45, 7) is 8.03. The minimum atomic E-state index is -0.629. The van der Waals surface area contributed by atoms with Crippen LogP contribution in [0.1, 0.15) is 40.5 Å². The van der Waals surface area contributed by atoms with Crippen LogP contribution in [0.15, 0.2) is 0 Å². The lowest BCUT2D eigenvalue weighted by molar-refractivity contribution is -0.00744. The van der Waals surface area contributed by atoms with Gasteiger partial charge in [0.1, 0.15) is 0 Å². The zero-order chi connectivity index (χ0) is 9.78. The van der Waals surface area contributed by atoms with E-state index in [0.29, 0.717) is 5.92 Å². The Morgan fingerprint density at radius 3 is 2.08 bits per heavy atom. The summed E-state index contributed by atoms with van der Waals surface area (Å²) in [4.78, 5) is 0. The van der Waals surface area contributed by atoms with E-state index in [4.69, 9.17) is 5.11 Å². The van der Waals surface area contributed by atoms with Gasteiger partial charge in [-0.05, 0) is 32.1 Å². The molecule has 0 aromatic heterocycles. The van der Waals surface area contributed by atoms with Crippen LogP contribution in [-0.4, -0.2) is 22.4 Å². The van der Waals surface area contributed by atoms with Gasteiger partial charge < -0.3 is 10.2 Å². The highest BCUT2D eigenvalue weighted by Crippen LogP contribution is 2.28. The number of hydrogen-bond donors (Lipinski definition) is 2. The van der Waals surface area contributed by atoms with E-state index in [0.717, 1.165) is 12.8 Å². The Balaban J connectivity index is 4.11. The Kier molecular flexibility index (Phi) is 4.80. The SMILES string of the molecule is CCC(CCO)C(C)C(C)(C)O. The van der Waals surface area contributed by atoms with E-state index in [1.807, 2.05) is 20.8 Å². The maximum atomic E-state index is 9.73. The normalized spacial score (nSPS) is 17.5. The fourth-order valence-corrected chi connectivity index (χ4v) is 1.55. The molecule has 0 fully saturated rings. The van der Waals surface area contributed by atoms with E-state index >= 15 is 0 Å². The van der Waals surface area contributed by atoms with Crippen LogP contribution < -0.4 is 0 Å². The van der Waals surface area contributed by atoms with Crippen molar-refractivity contribution in [3.05, 3.63) is 0 Å². The molecular weight excluding hydrogens is 152 g/mol. The van der Waals surface area contributed by atoms with Gasteiger partial charge in [-0.2, -0.15) is 0 Å². The topological polar surface area (TPSA) is 40.5 Å². The van der Waals surface area contributed by atoms with Gasteiger partial charge in [-0.3, -0.25) is 0 Å². The Labute approximate surface area is 75.6 Å². The molecule has 12 heavy (non-hydrogen) atoms. The predicted octanol–water partition coefficient (Wildman–Crippen LogP) is 1.80. The largest absolute Gasteiger partial charge is 0.396 e. The van der Waals surface area contributed by atoms with Crippen molar-refractivity contribution in [2.75, 3.05) is 6.61 Å². The third kappa shape index (κ3) is 3.55. The van der Waals surface area contributed by atoms with Gasteiger partial charge in [-0.15, -0.1) is 0 Å². The second-order valence-electron chi connectivity index (χ2n) is 4.12. The molecule has 0 rings (SSSR count). The summed E-state index contributed by atoms with van der Waals surface area (Å²) in [5.41, 5.74) is -0.629. The van der Waals surface area contributed by atoms with Crippen LogP contribution in [0.4, 0.5) is 0 Å². The number of rotatable bonds is 5. The minimum Gasteiger partial charge on any atom is -0.396 e. The molecular formula is C10H22O2. The van der Waals surface area contributed by atoms with Gasteiger partial charge in [0.25, 0.3) is 0 Å². The molecule has 0 spiro atoms. The molecule has 74 valence electrons. The molecule has 2 atom stereocenters. The van der Waals surface area contributed by atoms with E-state index in [2.05, 4.69) is 6.92 Å². The fourth-order valence-electron chi connectivity index (χ4n) is 1.55. The van der Waals surface area contributed by atoms with Crippen LogP contribution in [0.5, 0.6) is 0 Å². The summed E-state index contributed by atoms with van der Waals surface area (Å²) in [5, 5.41) is 18.5. The fraction of sp³-hybridized carbons (Fsp3) is 1.00. The summed E-state index contributed by atoms with van der Waals surface area (Å²) in [5.74, 6) is 0.671. The second-order valence-corrected chi connectivity index (χ2v) is 4.12. The molecule has 2 nitrogen and oxygen atoms in total. The minimum absolute atomic E-state index is 0.221. The molecule has 0 heterocycles. The van der Waals surface area contributed by atoms with Crippen LogP contribution in [0.25, 0.3) is 0 Å². The van der Waals surface area contributed by atoms with Gasteiger partial charge in [0, 0.05) is 6.61 Å². The average molecular weight is 174 g/mol. The molecule has 0 aliphatic heterocycles. The van der Waals surface area contributed by atoms with E-state index < -0.39 is 5.60 Å². The van der Waals surface area contributed by atoms with Gasteiger partial charge >= 0.3 is 0 Å². The molecule has 0 saturated carbocycles. The standard InChI is InChI=1S/C10H22O2/c1-5-9(6-7-11)8(2)10(3,4)12/h8-9,11-12H,5-7H2,1-4H3. The highest BCUT2D eigenvalue weighted by Gasteiger charge is 2.28. The van der Waals surface area contributed by atoms with Crippen LogP contribution >= 0.6 is 0 Å². The third-order valence-electron chi connectivity index (χ3n) is 2.85. The van der Waals surface area contributed by atoms with Crippen molar-refractivity contribution >= 4 is 0 Å². The van der Waals surface area contributed by atoms with Crippen molar-refractivity contribution in [1.29, 1.82) is 0 Å². The van der Waals surface area contributed by atoms with Crippen LogP contribution in [0, 0.1) is 11.8 Å². The Hall–Kier alpha value is -0.0800. The predicted molar refractivity (Wildman–Crippen MR) is 50.9 cm³/mol. The molecule has 0 saturated heterocycles. The molecule has 2 N–H and O–H groups in total. The smallest absolute Gasteiger partial charge is 0.0619 e. The lowest BCUT2D eigenvalue weighted by Gasteiger charge is -2.32. The number of aliphatic hydroxyl groups is 2. The third-order valence-corrected chi connectivity index (χ3v) is 2.85. The zero-order valence-electron chi connectivity index (χ0n) is 8.67. The maximum absolute atomic E-state index is 9.73. The van der Waals surface area contributed by atoms with Gasteiger partial charge in [0.05, 0.1) is 5.60 Å². The molecule has 0 aliphatic carbocycles. The quantitative estimate of drug-likeness (QED) is 0.667. The highest BCUT2D eigenvalue weighted by molar-refractivity contribution is 4.79. The molecule has 0 aromatic carbocycles. The van der Waals surface area contributed by atoms with E-state index in [9.17, 15) is 5.11 Å². The van der Waals surface area contributed by atoms with E-state index in [1.54, 1.807) is 0 Å². The van der Waals surface area contributed by atoms with E-state index in [1.165, 1.54) is 0 Å². The van der Waals surface area contributed by atoms with Crippen LogP contribution in [0.3, 0.4) is 0 Å². The lowest BCUT2D eigenvalue weighted by atomic mass is 9.79.